The fraction of sp³-hybridized carbons (Fsp3) is 0.200. The van der Waals surface area contributed by atoms with E-state index in [1.807, 2.05) is 36.5 Å². The second-order valence-electron chi connectivity index (χ2n) is 6.27. The summed E-state index contributed by atoms with van der Waals surface area (Å²) in [6, 6.07) is 14.1. The highest BCUT2D eigenvalue weighted by molar-refractivity contribution is 5.94. The first kappa shape index (κ1) is 18.7. The molecule has 0 bridgehead atoms. The topological polar surface area (TPSA) is 38.1 Å². The maximum Gasteiger partial charge on any atom is 0.416 e. The predicted molar refractivity (Wildman–Crippen MR) is 95.0 cm³/mol. The number of alkyl halides is 3. The molecule has 140 valence electrons. The van der Waals surface area contributed by atoms with Crippen LogP contribution in [-0.4, -0.2) is 27.6 Å². The number of nitrogens with zero attached hydrogens (tertiary/aromatic N) is 3. The number of carbonyl (C=O) groups is 1. The van der Waals surface area contributed by atoms with Crippen LogP contribution in [-0.2, 0) is 19.3 Å². The monoisotopic (exact) mass is 373 g/mol. The van der Waals surface area contributed by atoms with Gasteiger partial charge in [-0.2, -0.15) is 18.3 Å². The molecule has 0 atom stereocenters. The van der Waals surface area contributed by atoms with E-state index < -0.39 is 11.7 Å². The van der Waals surface area contributed by atoms with Crippen LogP contribution in [0.4, 0.5) is 13.2 Å². The lowest BCUT2D eigenvalue weighted by Gasteiger charge is -2.16. The van der Waals surface area contributed by atoms with Crippen LogP contribution < -0.4 is 0 Å². The molecule has 0 saturated heterocycles. The van der Waals surface area contributed by atoms with E-state index in [4.69, 9.17) is 0 Å². The molecule has 1 aromatic heterocycles. The molecule has 1 heterocycles. The van der Waals surface area contributed by atoms with Gasteiger partial charge in [0.1, 0.15) is 0 Å². The lowest BCUT2D eigenvalue weighted by atomic mass is 10.1. The van der Waals surface area contributed by atoms with Gasteiger partial charge in [-0.05, 0) is 29.8 Å². The number of aromatic nitrogens is 2. The first-order chi connectivity index (χ1) is 12.8. The highest BCUT2D eigenvalue weighted by Crippen LogP contribution is 2.29. The molecule has 0 aliphatic heterocycles. The van der Waals surface area contributed by atoms with Crippen LogP contribution in [0.5, 0.6) is 0 Å². The molecule has 0 unspecified atom stereocenters. The molecule has 0 N–H and O–H groups in total. The minimum absolute atomic E-state index is 0.210. The van der Waals surface area contributed by atoms with Crippen molar-refractivity contribution >= 4 is 5.91 Å². The summed E-state index contributed by atoms with van der Waals surface area (Å²) in [5, 5.41) is 4.29. The molecule has 27 heavy (non-hydrogen) atoms. The first-order valence-corrected chi connectivity index (χ1v) is 8.31. The summed E-state index contributed by atoms with van der Waals surface area (Å²) in [7, 11) is 1.61. The van der Waals surface area contributed by atoms with Crippen molar-refractivity contribution < 1.29 is 18.0 Å². The van der Waals surface area contributed by atoms with Gasteiger partial charge < -0.3 is 4.90 Å². The summed E-state index contributed by atoms with van der Waals surface area (Å²) in [5.74, 6) is -0.348. The van der Waals surface area contributed by atoms with Gasteiger partial charge in [0, 0.05) is 30.9 Å². The van der Waals surface area contributed by atoms with E-state index in [-0.39, 0.29) is 11.5 Å². The Labute approximate surface area is 154 Å². The Morgan fingerprint density at radius 1 is 1.04 bits per heavy atom. The van der Waals surface area contributed by atoms with Crippen LogP contribution in [0.1, 0.15) is 27.0 Å². The molecule has 3 aromatic rings. The largest absolute Gasteiger partial charge is 0.416 e. The van der Waals surface area contributed by atoms with Crippen molar-refractivity contribution in [3.05, 3.63) is 89.2 Å². The van der Waals surface area contributed by atoms with Gasteiger partial charge in [-0.1, -0.05) is 30.3 Å². The van der Waals surface area contributed by atoms with E-state index in [0.717, 1.165) is 23.3 Å². The molecule has 3 rings (SSSR count). The predicted octanol–water partition coefficient (Wildman–Crippen LogP) is 4.22. The van der Waals surface area contributed by atoms with E-state index in [0.29, 0.717) is 13.1 Å². The van der Waals surface area contributed by atoms with Crippen LogP contribution in [0.3, 0.4) is 0 Å². The molecule has 0 aliphatic carbocycles. The van der Waals surface area contributed by atoms with Crippen molar-refractivity contribution in [2.24, 2.45) is 0 Å². The van der Waals surface area contributed by atoms with Crippen molar-refractivity contribution in [2.75, 3.05) is 7.05 Å². The molecule has 4 nitrogen and oxygen atoms in total. The number of halogens is 3. The number of benzene rings is 2. The average molecular weight is 373 g/mol. The standard InChI is InChI=1S/C20H18F3N3O/c1-25(19(27)17-7-9-18(10-8-17)20(21,22)23)12-16-11-24-26(14-16)13-15-5-3-2-4-6-15/h2-11,14H,12-13H2,1H3. The number of rotatable bonds is 5. The molecule has 0 saturated carbocycles. The van der Waals surface area contributed by atoms with E-state index >= 15 is 0 Å². The molecule has 7 heteroatoms. The van der Waals surface area contributed by atoms with Gasteiger partial charge in [0.25, 0.3) is 5.91 Å². The van der Waals surface area contributed by atoms with Crippen molar-refractivity contribution in [1.82, 2.24) is 14.7 Å². The Kier molecular flexibility index (Phi) is 5.30. The van der Waals surface area contributed by atoms with Gasteiger partial charge in [0.2, 0.25) is 0 Å². The zero-order valence-electron chi connectivity index (χ0n) is 14.6. The van der Waals surface area contributed by atoms with E-state index in [1.54, 1.807) is 17.9 Å². The quantitative estimate of drug-likeness (QED) is 0.672. The van der Waals surface area contributed by atoms with Crippen LogP contribution in [0, 0.1) is 0 Å². The van der Waals surface area contributed by atoms with Gasteiger partial charge in [0.05, 0.1) is 18.3 Å². The molecule has 1 amide bonds. The first-order valence-electron chi connectivity index (χ1n) is 8.31. The third-order valence-corrected chi connectivity index (χ3v) is 4.10. The Morgan fingerprint density at radius 3 is 2.33 bits per heavy atom. The zero-order valence-corrected chi connectivity index (χ0v) is 14.6. The number of amides is 1. The minimum Gasteiger partial charge on any atom is -0.337 e. The maximum atomic E-state index is 12.6. The lowest BCUT2D eigenvalue weighted by molar-refractivity contribution is -0.137. The smallest absolute Gasteiger partial charge is 0.337 e. The van der Waals surface area contributed by atoms with E-state index in [2.05, 4.69) is 5.10 Å². The Balaban J connectivity index is 1.63. The summed E-state index contributed by atoms with van der Waals surface area (Å²) < 4.78 is 39.6. The SMILES string of the molecule is CN(Cc1cnn(Cc2ccccc2)c1)C(=O)c1ccc(C(F)(F)F)cc1. The fourth-order valence-corrected chi connectivity index (χ4v) is 2.71. The maximum absolute atomic E-state index is 12.6. The number of carbonyl (C=O) groups excluding carboxylic acids is 1. The van der Waals surface area contributed by atoms with Crippen LogP contribution >= 0.6 is 0 Å². The minimum atomic E-state index is -4.42. The van der Waals surface area contributed by atoms with Crippen molar-refractivity contribution in [2.45, 2.75) is 19.3 Å². The third kappa shape index (κ3) is 4.75. The molecule has 0 spiro atoms. The Bertz CT molecular complexity index is 902. The molecule has 2 aromatic carbocycles. The second kappa shape index (κ2) is 7.65. The fourth-order valence-electron chi connectivity index (χ4n) is 2.71. The summed E-state index contributed by atoms with van der Waals surface area (Å²) >= 11 is 0. The van der Waals surface area contributed by atoms with Crippen LogP contribution in [0.2, 0.25) is 0 Å². The van der Waals surface area contributed by atoms with E-state index in [1.165, 1.54) is 17.0 Å². The van der Waals surface area contributed by atoms with Gasteiger partial charge >= 0.3 is 6.18 Å². The number of hydrogen-bond acceptors (Lipinski definition) is 2. The lowest BCUT2D eigenvalue weighted by Crippen LogP contribution is -2.26. The third-order valence-electron chi connectivity index (χ3n) is 4.10. The number of hydrogen-bond donors (Lipinski definition) is 0. The summed E-state index contributed by atoms with van der Waals surface area (Å²) in [6.45, 7) is 0.937. The Hall–Kier alpha value is -3.09. The van der Waals surface area contributed by atoms with Crippen molar-refractivity contribution in [1.29, 1.82) is 0 Å². The average Bonchev–Trinajstić information content (AvgIpc) is 3.08. The van der Waals surface area contributed by atoms with Gasteiger partial charge in [-0.3, -0.25) is 9.48 Å². The van der Waals surface area contributed by atoms with Gasteiger partial charge in [-0.25, -0.2) is 0 Å². The van der Waals surface area contributed by atoms with Crippen molar-refractivity contribution in [3.63, 3.8) is 0 Å². The summed E-state index contributed by atoms with van der Waals surface area (Å²) in [5.41, 5.74) is 1.39. The second-order valence-corrected chi connectivity index (χ2v) is 6.27. The van der Waals surface area contributed by atoms with Crippen LogP contribution in [0.25, 0.3) is 0 Å². The normalized spacial score (nSPS) is 11.4. The van der Waals surface area contributed by atoms with Gasteiger partial charge in [0.15, 0.2) is 0 Å². The Morgan fingerprint density at radius 2 is 1.70 bits per heavy atom. The molecule has 0 aliphatic rings. The van der Waals surface area contributed by atoms with Crippen LogP contribution in [0.15, 0.2) is 67.0 Å². The van der Waals surface area contributed by atoms with Gasteiger partial charge in [-0.15, -0.1) is 0 Å². The summed E-state index contributed by atoms with van der Waals surface area (Å²) in [4.78, 5) is 13.9. The van der Waals surface area contributed by atoms with E-state index in [9.17, 15) is 18.0 Å². The highest BCUT2D eigenvalue weighted by atomic mass is 19.4. The molecular formula is C20H18F3N3O. The highest BCUT2D eigenvalue weighted by Gasteiger charge is 2.30. The summed E-state index contributed by atoms with van der Waals surface area (Å²) in [6.07, 6.45) is -0.885. The van der Waals surface area contributed by atoms with Crippen molar-refractivity contribution in [3.8, 4) is 0 Å². The zero-order chi connectivity index (χ0) is 19.4. The molecule has 0 radical (unpaired) electrons. The molecule has 0 fully saturated rings. The molecular weight excluding hydrogens is 355 g/mol.